The molecule has 0 aliphatic rings. The molecule has 2 rings (SSSR count). The number of nitrogens with one attached hydrogen (secondary N) is 1. The molecule has 0 atom stereocenters. The van der Waals surface area contributed by atoms with Gasteiger partial charge in [-0.1, -0.05) is 29.5 Å². The van der Waals surface area contributed by atoms with Gasteiger partial charge >= 0.3 is 0 Å². The number of benzene rings is 1. The molecule has 1 N–H and O–H groups in total. The predicted molar refractivity (Wildman–Crippen MR) is 77.1 cm³/mol. The lowest BCUT2D eigenvalue weighted by Gasteiger charge is -2.04. The van der Waals surface area contributed by atoms with Crippen LogP contribution in [0.1, 0.15) is 22.6 Å². The lowest BCUT2D eigenvalue weighted by molar-refractivity contribution is 0.718. The first kappa shape index (κ1) is 13.2. The molecule has 1 aromatic heterocycles. The van der Waals surface area contributed by atoms with Gasteiger partial charge in [-0.2, -0.15) is 0 Å². The van der Waals surface area contributed by atoms with Crippen LogP contribution in [0.5, 0.6) is 0 Å². The molecule has 0 bridgehead atoms. The number of hydrogen-bond donors (Lipinski definition) is 1. The van der Waals surface area contributed by atoms with Gasteiger partial charge in [-0.25, -0.2) is 0 Å². The first-order chi connectivity index (χ1) is 8.72. The Morgan fingerprint density at radius 2 is 1.89 bits per heavy atom. The average molecular weight is 261 g/mol. The van der Waals surface area contributed by atoms with Crippen LogP contribution in [0, 0.1) is 13.8 Å². The third-order valence-corrected chi connectivity index (χ3v) is 3.98. The molecule has 0 unspecified atom stereocenters. The molecule has 2 aromatic rings. The Morgan fingerprint density at radius 3 is 2.56 bits per heavy atom. The lowest BCUT2D eigenvalue weighted by atomic mass is 10.0. The second kappa shape index (κ2) is 6.07. The van der Waals surface area contributed by atoms with Gasteiger partial charge in [0.2, 0.25) is 0 Å². The highest BCUT2D eigenvalue weighted by Crippen LogP contribution is 2.29. The van der Waals surface area contributed by atoms with Crippen LogP contribution < -0.4 is 5.32 Å². The van der Waals surface area contributed by atoms with Crippen molar-refractivity contribution in [3.63, 3.8) is 0 Å². The zero-order valence-corrected chi connectivity index (χ0v) is 12.0. The smallest absolute Gasteiger partial charge is 0.148 e. The van der Waals surface area contributed by atoms with Crippen LogP contribution in [-0.4, -0.2) is 23.8 Å². The molecular weight excluding hydrogens is 242 g/mol. The highest BCUT2D eigenvalue weighted by atomic mass is 32.1. The topological polar surface area (TPSA) is 37.8 Å². The van der Waals surface area contributed by atoms with Crippen molar-refractivity contribution in [1.82, 2.24) is 15.5 Å². The van der Waals surface area contributed by atoms with Crippen molar-refractivity contribution in [3.8, 4) is 10.6 Å². The van der Waals surface area contributed by atoms with Gasteiger partial charge < -0.3 is 5.32 Å². The third-order valence-electron chi connectivity index (χ3n) is 2.98. The van der Waals surface area contributed by atoms with E-state index in [0.717, 1.165) is 29.4 Å². The Morgan fingerprint density at radius 1 is 1.17 bits per heavy atom. The number of aromatic nitrogens is 2. The first-order valence-electron chi connectivity index (χ1n) is 6.26. The molecule has 0 fully saturated rings. The van der Waals surface area contributed by atoms with Crippen LogP contribution in [0.25, 0.3) is 10.6 Å². The fraction of sp³-hybridized carbons (Fsp3) is 0.429. The molecule has 0 saturated carbocycles. The van der Waals surface area contributed by atoms with Gasteiger partial charge in [0.1, 0.15) is 10.0 Å². The molecule has 1 aromatic carbocycles. The predicted octanol–water partition coefficient (Wildman–Crippen LogP) is 2.97. The normalized spacial score (nSPS) is 10.8. The molecule has 1 heterocycles. The summed E-state index contributed by atoms with van der Waals surface area (Å²) in [6, 6.07) is 6.35. The second-order valence-electron chi connectivity index (χ2n) is 4.47. The molecule has 0 amide bonds. The van der Waals surface area contributed by atoms with Crippen molar-refractivity contribution in [2.24, 2.45) is 0 Å². The van der Waals surface area contributed by atoms with Crippen molar-refractivity contribution in [3.05, 3.63) is 34.3 Å². The molecular formula is C14H19N3S. The van der Waals surface area contributed by atoms with Crippen molar-refractivity contribution < 1.29 is 0 Å². The van der Waals surface area contributed by atoms with Crippen LogP contribution >= 0.6 is 11.3 Å². The lowest BCUT2D eigenvalue weighted by Crippen LogP contribution is -2.08. The van der Waals surface area contributed by atoms with Gasteiger partial charge in [0.15, 0.2) is 0 Å². The van der Waals surface area contributed by atoms with Gasteiger partial charge in [-0.3, -0.25) is 0 Å². The van der Waals surface area contributed by atoms with Crippen LogP contribution in [-0.2, 0) is 6.42 Å². The van der Waals surface area contributed by atoms with Gasteiger partial charge in [0.05, 0.1) is 0 Å². The number of rotatable bonds is 5. The molecule has 0 spiro atoms. The number of hydrogen-bond acceptors (Lipinski definition) is 4. The second-order valence-corrected chi connectivity index (χ2v) is 5.54. The Balaban J connectivity index is 2.19. The molecule has 0 aliphatic heterocycles. The Bertz CT molecular complexity index is 499. The largest absolute Gasteiger partial charge is 0.320 e. The van der Waals surface area contributed by atoms with E-state index in [1.165, 1.54) is 16.7 Å². The van der Waals surface area contributed by atoms with Crippen LogP contribution in [0.15, 0.2) is 18.2 Å². The SMILES string of the molecule is CNCCCc1nnc(-c2c(C)cccc2C)s1. The van der Waals surface area contributed by atoms with Crippen LogP contribution in [0.2, 0.25) is 0 Å². The van der Waals surface area contributed by atoms with Crippen LogP contribution in [0.4, 0.5) is 0 Å². The summed E-state index contributed by atoms with van der Waals surface area (Å²) in [5, 5.41) is 13.9. The summed E-state index contributed by atoms with van der Waals surface area (Å²) >= 11 is 1.71. The van der Waals surface area contributed by atoms with Crippen molar-refractivity contribution in [2.75, 3.05) is 13.6 Å². The minimum absolute atomic E-state index is 1.00. The number of aryl methyl sites for hydroxylation is 3. The molecule has 18 heavy (non-hydrogen) atoms. The highest BCUT2D eigenvalue weighted by Gasteiger charge is 2.11. The van der Waals surface area contributed by atoms with E-state index in [0.29, 0.717) is 0 Å². The summed E-state index contributed by atoms with van der Waals surface area (Å²) in [5.74, 6) is 0. The fourth-order valence-electron chi connectivity index (χ4n) is 2.02. The maximum absolute atomic E-state index is 4.33. The van der Waals surface area contributed by atoms with E-state index in [9.17, 15) is 0 Å². The fourth-order valence-corrected chi connectivity index (χ4v) is 3.08. The minimum atomic E-state index is 1.00. The number of nitrogens with zero attached hydrogens (tertiary/aromatic N) is 2. The average Bonchev–Trinajstić information content (AvgIpc) is 2.78. The standard InChI is InChI=1S/C14H19N3S/c1-10-6-4-7-11(2)13(10)14-17-16-12(18-14)8-5-9-15-3/h4,6-7,15H,5,8-9H2,1-3H3. The van der Waals surface area contributed by atoms with E-state index < -0.39 is 0 Å². The molecule has 4 heteroatoms. The molecule has 0 saturated heterocycles. The molecule has 0 aliphatic carbocycles. The summed E-state index contributed by atoms with van der Waals surface area (Å²) < 4.78 is 0. The zero-order valence-electron chi connectivity index (χ0n) is 11.2. The van der Waals surface area contributed by atoms with E-state index in [1.54, 1.807) is 11.3 Å². The highest BCUT2D eigenvalue weighted by molar-refractivity contribution is 7.14. The van der Waals surface area contributed by atoms with Crippen LogP contribution in [0.3, 0.4) is 0 Å². The van der Waals surface area contributed by atoms with E-state index >= 15 is 0 Å². The van der Waals surface area contributed by atoms with E-state index in [4.69, 9.17) is 0 Å². The third kappa shape index (κ3) is 2.94. The summed E-state index contributed by atoms with van der Waals surface area (Å²) in [6.07, 6.45) is 2.11. The van der Waals surface area contributed by atoms with Gasteiger partial charge in [0, 0.05) is 12.0 Å². The summed E-state index contributed by atoms with van der Waals surface area (Å²) in [6.45, 7) is 5.28. The van der Waals surface area contributed by atoms with E-state index in [-0.39, 0.29) is 0 Å². The maximum atomic E-state index is 4.33. The minimum Gasteiger partial charge on any atom is -0.320 e. The maximum Gasteiger partial charge on any atom is 0.148 e. The molecule has 96 valence electrons. The quantitative estimate of drug-likeness (QED) is 0.841. The zero-order chi connectivity index (χ0) is 13.0. The monoisotopic (exact) mass is 261 g/mol. The van der Waals surface area contributed by atoms with Gasteiger partial charge in [-0.05, 0) is 45.0 Å². The van der Waals surface area contributed by atoms with Gasteiger partial charge in [-0.15, -0.1) is 10.2 Å². The Kier molecular flexibility index (Phi) is 4.44. The summed E-state index contributed by atoms with van der Waals surface area (Å²) in [5.41, 5.74) is 3.79. The van der Waals surface area contributed by atoms with E-state index in [2.05, 4.69) is 47.6 Å². The Labute approximate surface area is 112 Å². The molecule has 0 radical (unpaired) electrons. The van der Waals surface area contributed by atoms with Crippen molar-refractivity contribution in [2.45, 2.75) is 26.7 Å². The van der Waals surface area contributed by atoms with Crippen molar-refractivity contribution >= 4 is 11.3 Å². The summed E-state index contributed by atoms with van der Waals surface area (Å²) in [4.78, 5) is 0. The first-order valence-corrected chi connectivity index (χ1v) is 7.07. The Hall–Kier alpha value is -1.26. The molecule has 3 nitrogen and oxygen atoms in total. The van der Waals surface area contributed by atoms with Gasteiger partial charge in [0.25, 0.3) is 0 Å². The van der Waals surface area contributed by atoms with Crippen molar-refractivity contribution in [1.29, 1.82) is 0 Å². The van der Waals surface area contributed by atoms with E-state index in [1.807, 2.05) is 7.05 Å². The summed E-state index contributed by atoms with van der Waals surface area (Å²) in [7, 11) is 1.97.